The zero-order valence-corrected chi connectivity index (χ0v) is 12.1. The van der Waals surface area contributed by atoms with Gasteiger partial charge in [0.05, 0.1) is 0 Å². The van der Waals surface area contributed by atoms with Gasteiger partial charge in [-0.3, -0.25) is 0 Å². The first kappa shape index (κ1) is 15.2. The second-order valence-electron chi connectivity index (χ2n) is 5.35. The summed E-state index contributed by atoms with van der Waals surface area (Å²) in [5.74, 6) is -2.66. The summed E-state index contributed by atoms with van der Waals surface area (Å²) < 4.78 is 53.4. The molecule has 20 heavy (non-hydrogen) atoms. The highest BCUT2D eigenvalue weighted by Gasteiger charge is 2.36. The second-order valence-corrected chi connectivity index (χ2v) is 7.08. The van der Waals surface area contributed by atoms with Crippen molar-refractivity contribution >= 4 is 15.7 Å². The zero-order valence-electron chi connectivity index (χ0n) is 11.2. The number of hydrogen-bond donors (Lipinski definition) is 2. The molecule has 0 amide bonds. The van der Waals surface area contributed by atoms with Crippen LogP contribution in [0.25, 0.3) is 0 Å². The fraction of sp³-hybridized carbons (Fsp3) is 0.538. The highest BCUT2D eigenvalue weighted by atomic mass is 32.2. The van der Waals surface area contributed by atoms with Gasteiger partial charge in [0.2, 0.25) is 10.0 Å². The van der Waals surface area contributed by atoms with Crippen molar-refractivity contribution in [3.05, 3.63) is 23.8 Å². The molecule has 1 aromatic carbocycles. The number of benzene rings is 1. The van der Waals surface area contributed by atoms with E-state index in [2.05, 4.69) is 4.72 Å². The predicted octanol–water partition coefficient (Wildman–Crippen LogP) is 2.41. The molecule has 1 aliphatic rings. The minimum atomic E-state index is -4.10. The van der Waals surface area contributed by atoms with Gasteiger partial charge >= 0.3 is 0 Å². The Labute approximate surface area is 117 Å². The molecular formula is C13H18F2N2O2S. The van der Waals surface area contributed by atoms with Gasteiger partial charge in [-0.2, -0.15) is 0 Å². The zero-order chi connectivity index (χ0) is 15.0. The Bertz CT molecular complexity index is 608. The molecule has 0 spiro atoms. The number of sulfonamides is 1. The molecule has 3 N–H and O–H groups in total. The summed E-state index contributed by atoms with van der Waals surface area (Å²) in [4.78, 5) is -0.736. The Morgan fingerprint density at radius 2 is 2.00 bits per heavy atom. The molecule has 112 valence electrons. The fourth-order valence-electron chi connectivity index (χ4n) is 2.44. The van der Waals surface area contributed by atoms with Crippen LogP contribution in [0.5, 0.6) is 0 Å². The first-order valence-electron chi connectivity index (χ1n) is 6.54. The highest BCUT2D eigenvalue weighted by molar-refractivity contribution is 7.89. The molecule has 1 saturated carbocycles. The first-order valence-corrected chi connectivity index (χ1v) is 8.02. The monoisotopic (exact) mass is 304 g/mol. The van der Waals surface area contributed by atoms with Crippen molar-refractivity contribution in [1.29, 1.82) is 0 Å². The molecule has 1 fully saturated rings. The van der Waals surface area contributed by atoms with Crippen molar-refractivity contribution in [2.24, 2.45) is 5.41 Å². The fourth-order valence-corrected chi connectivity index (χ4v) is 3.71. The minimum absolute atomic E-state index is 0.0532. The third-order valence-corrected chi connectivity index (χ3v) is 5.51. The first-order chi connectivity index (χ1) is 9.30. The molecule has 0 unspecified atom stereocenters. The number of rotatable bonds is 5. The number of nitrogen functional groups attached to an aromatic ring is 1. The van der Waals surface area contributed by atoms with Gasteiger partial charge in [0.25, 0.3) is 0 Å². The van der Waals surface area contributed by atoms with E-state index < -0.39 is 26.6 Å². The second kappa shape index (κ2) is 5.29. The van der Waals surface area contributed by atoms with Crippen molar-refractivity contribution in [2.45, 2.75) is 37.5 Å². The van der Waals surface area contributed by atoms with E-state index in [0.29, 0.717) is 0 Å². The lowest BCUT2D eigenvalue weighted by atomic mass is 9.67. The van der Waals surface area contributed by atoms with Crippen LogP contribution in [0.1, 0.15) is 32.6 Å². The summed E-state index contributed by atoms with van der Waals surface area (Å²) in [6, 6.07) is 1.69. The van der Waals surface area contributed by atoms with Crippen molar-refractivity contribution < 1.29 is 17.2 Å². The molecule has 2 rings (SSSR count). The van der Waals surface area contributed by atoms with Crippen LogP contribution in [-0.4, -0.2) is 15.0 Å². The molecule has 0 aliphatic heterocycles. The molecule has 0 radical (unpaired) electrons. The van der Waals surface area contributed by atoms with E-state index in [1.165, 1.54) is 0 Å². The van der Waals surface area contributed by atoms with Gasteiger partial charge < -0.3 is 5.73 Å². The van der Waals surface area contributed by atoms with Gasteiger partial charge in [0, 0.05) is 12.2 Å². The molecule has 0 aromatic heterocycles. The van der Waals surface area contributed by atoms with Crippen molar-refractivity contribution in [3.8, 4) is 0 Å². The summed E-state index contributed by atoms with van der Waals surface area (Å²) in [6.45, 7) is 2.23. The smallest absolute Gasteiger partial charge is 0.243 e. The maximum Gasteiger partial charge on any atom is 0.243 e. The normalized spacial score (nSPS) is 17.8. The van der Waals surface area contributed by atoms with Crippen LogP contribution in [0.4, 0.5) is 14.5 Å². The lowest BCUT2D eigenvalue weighted by Crippen LogP contribution is -2.41. The van der Waals surface area contributed by atoms with E-state index in [9.17, 15) is 17.2 Å². The van der Waals surface area contributed by atoms with Crippen LogP contribution in [0.3, 0.4) is 0 Å². The van der Waals surface area contributed by atoms with Crippen molar-refractivity contribution in [3.63, 3.8) is 0 Å². The molecule has 0 atom stereocenters. The van der Waals surface area contributed by atoms with Gasteiger partial charge in [-0.1, -0.05) is 13.3 Å². The van der Waals surface area contributed by atoms with E-state index in [-0.39, 0.29) is 17.6 Å². The molecular weight excluding hydrogens is 286 g/mol. The average Bonchev–Trinajstić information content (AvgIpc) is 2.32. The van der Waals surface area contributed by atoms with Crippen molar-refractivity contribution in [1.82, 2.24) is 4.72 Å². The van der Waals surface area contributed by atoms with E-state index in [4.69, 9.17) is 5.73 Å². The van der Waals surface area contributed by atoms with Gasteiger partial charge in [0.1, 0.15) is 4.90 Å². The molecule has 0 saturated heterocycles. The Kier molecular flexibility index (Phi) is 4.02. The van der Waals surface area contributed by atoms with E-state index in [1.807, 2.05) is 6.92 Å². The summed E-state index contributed by atoms with van der Waals surface area (Å²) in [7, 11) is -4.10. The molecule has 4 nitrogen and oxygen atoms in total. The van der Waals surface area contributed by atoms with Crippen LogP contribution >= 0.6 is 0 Å². The number of hydrogen-bond acceptors (Lipinski definition) is 3. The largest absolute Gasteiger partial charge is 0.399 e. The molecule has 1 aliphatic carbocycles. The Hall–Kier alpha value is -1.21. The third-order valence-electron chi connectivity index (χ3n) is 4.11. The average molecular weight is 304 g/mol. The Morgan fingerprint density at radius 3 is 2.50 bits per heavy atom. The lowest BCUT2D eigenvalue weighted by molar-refractivity contribution is 0.133. The summed E-state index contributed by atoms with van der Waals surface area (Å²) in [5, 5.41) is 0. The maximum absolute atomic E-state index is 13.6. The maximum atomic E-state index is 13.6. The highest BCUT2D eigenvalue weighted by Crippen LogP contribution is 2.43. The molecule has 1 aromatic rings. The number of nitrogens with two attached hydrogens (primary N) is 1. The molecule has 7 heteroatoms. The summed E-state index contributed by atoms with van der Waals surface area (Å²) in [5.41, 5.74) is 5.19. The van der Waals surface area contributed by atoms with Gasteiger partial charge in [-0.05, 0) is 36.8 Å². The minimum Gasteiger partial charge on any atom is -0.399 e. The predicted molar refractivity (Wildman–Crippen MR) is 72.5 cm³/mol. The number of halogens is 2. The summed E-state index contributed by atoms with van der Waals surface area (Å²) in [6.07, 6.45) is 3.81. The molecule has 0 bridgehead atoms. The van der Waals surface area contributed by atoms with Crippen LogP contribution in [0.15, 0.2) is 17.0 Å². The van der Waals surface area contributed by atoms with E-state index in [1.54, 1.807) is 0 Å². The quantitative estimate of drug-likeness (QED) is 0.821. The number of anilines is 1. The number of nitrogens with one attached hydrogen (secondary N) is 1. The van der Waals surface area contributed by atoms with E-state index in [0.717, 1.165) is 37.8 Å². The SMILES string of the molecule is CCC1(CNS(=O)(=O)c2cc(N)cc(F)c2F)CCC1. The summed E-state index contributed by atoms with van der Waals surface area (Å²) >= 11 is 0. The topological polar surface area (TPSA) is 72.2 Å². The van der Waals surface area contributed by atoms with Crippen LogP contribution in [-0.2, 0) is 10.0 Å². The van der Waals surface area contributed by atoms with Crippen LogP contribution in [0.2, 0.25) is 0 Å². The van der Waals surface area contributed by atoms with Gasteiger partial charge in [-0.25, -0.2) is 21.9 Å². The van der Waals surface area contributed by atoms with Crippen molar-refractivity contribution in [2.75, 3.05) is 12.3 Å². The van der Waals surface area contributed by atoms with Crippen LogP contribution < -0.4 is 10.5 Å². The Balaban J connectivity index is 2.23. The van der Waals surface area contributed by atoms with Gasteiger partial charge in [-0.15, -0.1) is 0 Å². The molecule has 0 heterocycles. The van der Waals surface area contributed by atoms with Crippen LogP contribution in [0, 0.1) is 17.0 Å². The van der Waals surface area contributed by atoms with Gasteiger partial charge in [0.15, 0.2) is 11.6 Å². The van der Waals surface area contributed by atoms with E-state index >= 15 is 0 Å². The Morgan fingerprint density at radius 1 is 1.35 bits per heavy atom. The third kappa shape index (κ3) is 2.78. The lowest BCUT2D eigenvalue weighted by Gasteiger charge is -2.41. The standard InChI is InChI=1S/C13H18F2N2O2S/c1-2-13(4-3-5-13)8-17-20(18,19)11-7-9(16)6-10(14)12(11)15/h6-7,17H,2-5,8,16H2,1H3.